The molecule has 1 saturated heterocycles. The largest absolute Gasteiger partial charge is 0.497 e. The van der Waals surface area contributed by atoms with E-state index < -0.39 is 29.7 Å². The topological polar surface area (TPSA) is 120 Å². The molecule has 43 heavy (non-hydrogen) atoms. The molecule has 2 aliphatic heterocycles. The molecule has 1 N–H and O–H groups in total. The van der Waals surface area contributed by atoms with Gasteiger partial charge in [-0.1, -0.05) is 34.1 Å². The monoisotopic (exact) mass is 592 g/mol. The lowest BCUT2D eigenvalue weighted by molar-refractivity contribution is -0.139. The summed E-state index contributed by atoms with van der Waals surface area (Å²) in [5.74, 6) is 1.60. The SMILES string of the molecule is COc1ccc2nc3c(nc2c1)O[C@H]1CN(C(=O)[C@H](C(C)(C)C)NC(=O)O[C@@H]2CCC[C@H]2CCCC2CC32)[C@H](C=O)[C@@H]1C. The van der Waals surface area contributed by atoms with Crippen LogP contribution in [0, 0.1) is 23.2 Å². The summed E-state index contributed by atoms with van der Waals surface area (Å²) in [5.41, 5.74) is 1.70. The average molecular weight is 593 g/mol. The lowest BCUT2D eigenvalue weighted by atomic mass is 9.85. The Morgan fingerprint density at radius 1 is 1.00 bits per heavy atom. The number of alkyl carbamates (subject to hydrolysis) is 1. The van der Waals surface area contributed by atoms with Crippen LogP contribution in [0.3, 0.4) is 0 Å². The van der Waals surface area contributed by atoms with Gasteiger partial charge in [0.05, 0.1) is 30.7 Å². The molecule has 2 saturated carbocycles. The van der Waals surface area contributed by atoms with Crippen LogP contribution in [0.1, 0.15) is 84.3 Å². The standard InChI is InChI=1S/C33H44N4O6/c1-18-25(17-38)37-16-27(18)42-30-28(34-23-13-12-21(41-5)15-24(23)35-30)22-14-20(22)10-6-8-19-9-7-11-26(19)43-32(40)36-29(31(37)39)33(2,3)4/h12-13,15,17-20,22,25-27,29H,6-11,14,16H2,1-5H3,(H,36,40)/t18-,19+,20?,22?,25+,26+,27-,29+/m0/s1. The predicted molar refractivity (Wildman–Crippen MR) is 160 cm³/mol. The molecule has 10 nitrogen and oxygen atoms in total. The van der Waals surface area contributed by atoms with E-state index in [9.17, 15) is 14.4 Å². The van der Waals surface area contributed by atoms with Crippen molar-refractivity contribution in [2.24, 2.45) is 23.2 Å². The van der Waals surface area contributed by atoms with Gasteiger partial charge in [0.1, 0.15) is 36.0 Å². The van der Waals surface area contributed by atoms with Gasteiger partial charge in [-0.15, -0.1) is 0 Å². The summed E-state index contributed by atoms with van der Waals surface area (Å²) in [5, 5.41) is 2.88. The van der Waals surface area contributed by atoms with E-state index in [1.165, 1.54) is 0 Å². The Bertz CT molecular complexity index is 1390. The number of rotatable bonds is 2. The van der Waals surface area contributed by atoms with E-state index >= 15 is 0 Å². The minimum Gasteiger partial charge on any atom is -0.497 e. The number of aldehydes is 1. The molecule has 3 heterocycles. The molecule has 6 rings (SSSR count). The maximum Gasteiger partial charge on any atom is 0.408 e. The quantitative estimate of drug-likeness (QED) is 0.483. The first kappa shape index (κ1) is 29.6. The van der Waals surface area contributed by atoms with Gasteiger partial charge in [0.25, 0.3) is 0 Å². The van der Waals surface area contributed by atoms with Crippen LogP contribution in [0.15, 0.2) is 18.2 Å². The highest BCUT2D eigenvalue weighted by Crippen LogP contribution is 2.53. The lowest BCUT2D eigenvalue weighted by Gasteiger charge is -2.35. The minimum absolute atomic E-state index is 0.146. The third-order valence-corrected chi connectivity index (χ3v) is 10.1. The Hall–Kier alpha value is -3.43. The second-order valence-corrected chi connectivity index (χ2v) is 14.0. The van der Waals surface area contributed by atoms with Crippen molar-refractivity contribution in [3.05, 3.63) is 23.9 Å². The van der Waals surface area contributed by atoms with Gasteiger partial charge >= 0.3 is 6.09 Å². The van der Waals surface area contributed by atoms with Crippen molar-refractivity contribution >= 4 is 29.3 Å². The number of hydrogen-bond acceptors (Lipinski definition) is 8. The number of amides is 2. The number of hydrogen-bond donors (Lipinski definition) is 1. The summed E-state index contributed by atoms with van der Waals surface area (Å²) in [4.78, 5) is 51.2. The fourth-order valence-corrected chi connectivity index (χ4v) is 7.33. The Labute approximate surface area is 253 Å². The van der Waals surface area contributed by atoms with Crippen LogP contribution in [0.2, 0.25) is 0 Å². The second-order valence-electron chi connectivity index (χ2n) is 14.0. The van der Waals surface area contributed by atoms with Crippen molar-refractivity contribution in [1.29, 1.82) is 0 Å². The molecule has 2 unspecified atom stereocenters. The van der Waals surface area contributed by atoms with Gasteiger partial charge < -0.3 is 29.2 Å². The second kappa shape index (κ2) is 11.6. The van der Waals surface area contributed by atoms with E-state index in [2.05, 4.69) is 5.32 Å². The van der Waals surface area contributed by atoms with Gasteiger partial charge in [0, 0.05) is 17.9 Å². The number of nitrogens with zero attached hydrogens (tertiary/aromatic N) is 3. The molecule has 2 aromatic rings. The van der Waals surface area contributed by atoms with E-state index in [0.717, 1.165) is 62.4 Å². The van der Waals surface area contributed by atoms with E-state index in [1.54, 1.807) is 12.0 Å². The van der Waals surface area contributed by atoms with Gasteiger partial charge in [-0.3, -0.25) is 4.79 Å². The van der Waals surface area contributed by atoms with Crippen LogP contribution in [-0.2, 0) is 14.3 Å². The van der Waals surface area contributed by atoms with Crippen molar-refractivity contribution in [2.75, 3.05) is 13.7 Å². The predicted octanol–water partition coefficient (Wildman–Crippen LogP) is 5.03. The van der Waals surface area contributed by atoms with Crippen LogP contribution in [-0.4, -0.2) is 71.1 Å². The van der Waals surface area contributed by atoms with Gasteiger partial charge in [-0.25, -0.2) is 14.8 Å². The number of methoxy groups -OCH3 is 1. The zero-order chi connectivity index (χ0) is 30.5. The molecular weight excluding hydrogens is 548 g/mol. The Morgan fingerprint density at radius 2 is 1.74 bits per heavy atom. The van der Waals surface area contributed by atoms with E-state index in [1.807, 2.05) is 45.9 Å². The lowest BCUT2D eigenvalue weighted by Crippen LogP contribution is -2.56. The highest BCUT2D eigenvalue weighted by atomic mass is 16.6. The molecule has 0 spiro atoms. The third kappa shape index (κ3) is 5.89. The van der Waals surface area contributed by atoms with Crippen LogP contribution in [0.5, 0.6) is 11.6 Å². The molecule has 232 valence electrons. The summed E-state index contributed by atoms with van der Waals surface area (Å²) >= 11 is 0. The smallest absolute Gasteiger partial charge is 0.408 e. The first-order chi connectivity index (χ1) is 20.6. The first-order valence-electron chi connectivity index (χ1n) is 15.8. The maximum atomic E-state index is 14.1. The molecule has 2 bridgehead atoms. The van der Waals surface area contributed by atoms with Crippen LogP contribution in [0.4, 0.5) is 4.79 Å². The molecule has 2 aliphatic carbocycles. The van der Waals surface area contributed by atoms with E-state index in [4.69, 9.17) is 24.2 Å². The fraction of sp³-hybridized carbons (Fsp3) is 0.667. The summed E-state index contributed by atoms with van der Waals surface area (Å²) in [7, 11) is 1.62. The van der Waals surface area contributed by atoms with Crippen molar-refractivity contribution in [3.8, 4) is 11.6 Å². The number of aromatic nitrogens is 2. The number of nitrogens with one attached hydrogen (secondary N) is 1. The van der Waals surface area contributed by atoms with E-state index in [-0.39, 0.29) is 30.4 Å². The maximum absolute atomic E-state index is 14.1. The Morgan fingerprint density at radius 3 is 2.47 bits per heavy atom. The summed E-state index contributed by atoms with van der Waals surface area (Å²) in [6.07, 6.45) is 6.69. The highest BCUT2D eigenvalue weighted by molar-refractivity contribution is 5.89. The minimum atomic E-state index is -0.872. The van der Waals surface area contributed by atoms with Crippen molar-refractivity contribution in [2.45, 2.75) is 103 Å². The molecule has 10 heteroatoms. The van der Waals surface area contributed by atoms with Crippen molar-refractivity contribution < 1.29 is 28.6 Å². The first-order valence-corrected chi connectivity index (χ1v) is 15.8. The Kier molecular flexibility index (Phi) is 7.98. The number of carbonyl (C=O) groups excluding carboxylic acids is 3. The molecule has 8 atom stereocenters. The molecule has 1 aromatic heterocycles. The zero-order valence-corrected chi connectivity index (χ0v) is 25.9. The zero-order valence-electron chi connectivity index (χ0n) is 25.9. The highest BCUT2D eigenvalue weighted by Gasteiger charge is 2.49. The summed E-state index contributed by atoms with van der Waals surface area (Å²) in [6.45, 7) is 7.83. The number of ether oxygens (including phenoxy) is 3. The molecule has 1 aromatic carbocycles. The van der Waals surface area contributed by atoms with Crippen LogP contribution < -0.4 is 14.8 Å². The van der Waals surface area contributed by atoms with Crippen LogP contribution >= 0.6 is 0 Å². The molecule has 0 radical (unpaired) electrons. The van der Waals surface area contributed by atoms with Gasteiger partial charge in [0.15, 0.2) is 0 Å². The third-order valence-electron chi connectivity index (χ3n) is 10.1. The summed E-state index contributed by atoms with van der Waals surface area (Å²) in [6, 6.07) is 4.08. The van der Waals surface area contributed by atoms with Crippen LogP contribution in [0.25, 0.3) is 11.0 Å². The fourth-order valence-electron chi connectivity index (χ4n) is 7.33. The van der Waals surface area contributed by atoms with Crippen molar-refractivity contribution in [3.63, 3.8) is 0 Å². The Balaban J connectivity index is 1.37. The molecule has 2 amide bonds. The molecule has 4 aliphatic rings. The van der Waals surface area contributed by atoms with Gasteiger partial charge in [-0.2, -0.15) is 0 Å². The number of benzene rings is 1. The normalized spacial score (nSPS) is 33.2. The average Bonchev–Trinajstić information content (AvgIpc) is 3.49. The number of fused-ring (bicyclic) bond motifs is 7. The van der Waals surface area contributed by atoms with Gasteiger partial charge in [-0.05, 0) is 67.9 Å². The summed E-state index contributed by atoms with van der Waals surface area (Å²) < 4.78 is 18.0. The van der Waals surface area contributed by atoms with Gasteiger partial charge in [0.2, 0.25) is 11.8 Å². The van der Waals surface area contributed by atoms with E-state index in [0.29, 0.717) is 29.0 Å². The molecule has 3 fully saturated rings. The van der Waals surface area contributed by atoms with Crippen molar-refractivity contribution in [1.82, 2.24) is 20.2 Å². The number of carbonyl (C=O) groups is 3. The molecular formula is C33H44N4O6.